The van der Waals surface area contributed by atoms with Crippen LogP contribution >= 0.6 is 47.2 Å². The second-order valence-electron chi connectivity index (χ2n) is 6.46. The van der Waals surface area contributed by atoms with Crippen molar-refractivity contribution < 1.29 is 0 Å². The minimum atomic E-state index is 0. The minimum Gasteiger partial charge on any atom is -0.367 e. The van der Waals surface area contributed by atoms with Gasteiger partial charge >= 0.3 is 0 Å². The quantitative estimate of drug-likeness (QED) is 0.235. The van der Waals surface area contributed by atoms with E-state index in [4.69, 9.17) is 23.2 Å². The molecule has 0 aromatic carbocycles. The maximum Gasteiger partial charge on any atom is 0.191 e. The SMILES string of the molecule is CN=C(NCCNc1ncc(Cl)cc1Cl)NC1CCN(C(C)C)CC1.I. The molecule has 6 nitrogen and oxygen atoms in total. The fourth-order valence-corrected chi connectivity index (χ4v) is 3.30. The maximum atomic E-state index is 6.09. The Morgan fingerprint density at radius 2 is 2.00 bits per heavy atom. The van der Waals surface area contributed by atoms with Gasteiger partial charge in [0, 0.05) is 51.5 Å². The summed E-state index contributed by atoms with van der Waals surface area (Å²) < 4.78 is 0. The number of aliphatic imine (C=N–C) groups is 1. The molecule has 1 aliphatic rings. The zero-order chi connectivity index (χ0) is 18.2. The first-order chi connectivity index (χ1) is 12.0. The number of pyridine rings is 1. The van der Waals surface area contributed by atoms with Crippen LogP contribution in [0, 0.1) is 0 Å². The fraction of sp³-hybridized carbons (Fsp3) is 0.647. The normalized spacial score (nSPS) is 16.3. The lowest BCUT2D eigenvalue weighted by atomic mass is 10.0. The zero-order valence-corrected chi connectivity index (χ0v) is 19.4. The van der Waals surface area contributed by atoms with E-state index in [0.717, 1.165) is 31.9 Å². The van der Waals surface area contributed by atoms with E-state index < -0.39 is 0 Å². The van der Waals surface area contributed by atoms with Gasteiger partial charge in [0.25, 0.3) is 0 Å². The van der Waals surface area contributed by atoms with Gasteiger partial charge in [-0.3, -0.25) is 4.99 Å². The van der Waals surface area contributed by atoms with Crippen LogP contribution in [0.25, 0.3) is 0 Å². The summed E-state index contributed by atoms with van der Waals surface area (Å²) in [5.41, 5.74) is 0. The molecule has 2 heterocycles. The molecule has 3 N–H and O–H groups in total. The number of halogens is 3. The van der Waals surface area contributed by atoms with Crippen molar-refractivity contribution >= 4 is 59.0 Å². The summed E-state index contributed by atoms with van der Waals surface area (Å²) in [4.78, 5) is 11.0. The van der Waals surface area contributed by atoms with E-state index in [1.165, 1.54) is 0 Å². The summed E-state index contributed by atoms with van der Waals surface area (Å²) in [5, 5.41) is 11.1. The van der Waals surface area contributed by atoms with Crippen LogP contribution in [0.3, 0.4) is 0 Å². The molecule has 0 amide bonds. The largest absolute Gasteiger partial charge is 0.367 e. The molecule has 1 saturated heterocycles. The third-order valence-corrected chi connectivity index (χ3v) is 4.84. The number of piperidine rings is 1. The molecule has 1 fully saturated rings. The van der Waals surface area contributed by atoms with Crippen molar-refractivity contribution in [3.63, 3.8) is 0 Å². The van der Waals surface area contributed by atoms with Gasteiger partial charge in [0.2, 0.25) is 0 Å². The highest BCUT2D eigenvalue weighted by Crippen LogP contribution is 2.22. The van der Waals surface area contributed by atoms with E-state index >= 15 is 0 Å². The van der Waals surface area contributed by atoms with Gasteiger partial charge in [-0.25, -0.2) is 4.98 Å². The number of nitrogens with zero attached hydrogens (tertiary/aromatic N) is 3. The van der Waals surface area contributed by atoms with Crippen LogP contribution in [0.15, 0.2) is 17.3 Å². The summed E-state index contributed by atoms with van der Waals surface area (Å²) in [6, 6.07) is 2.77. The number of nitrogens with one attached hydrogen (secondary N) is 3. The zero-order valence-electron chi connectivity index (χ0n) is 15.6. The van der Waals surface area contributed by atoms with Crippen molar-refractivity contribution in [2.24, 2.45) is 4.99 Å². The van der Waals surface area contributed by atoms with Crippen LogP contribution in [0.4, 0.5) is 5.82 Å². The Morgan fingerprint density at radius 3 is 2.58 bits per heavy atom. The Morgan fingerprint density at radius 1 is 1.31 bits per heavy atom. The molecule has 26 heavy (non-hydrogen) atoms. The van der Waals surface area contributed by atoms with Gasteiger partial charge in [0.05, 0.1) is 10.0 Å². The fourth-order valence-electron chi connectivity index (χ4n) is 2.85. The lowest BCUT2D eigenvalue weighted by Crippen LogP contribution is -2.50. The average Bonchev–Trinajstić information content (AvgIpc) is 2.59. The Kier molecular flexibility index (Phi) is 10.9. The van der Waals surface area contributed by atoms with E-state index in [-0.39, 0.29) is 24.0 Å². The molecule has 2 rings (SSSR count). The van der Waals surface area contributed by atoms with Crippen LogP contribution in [0.5, 0.6) is 0 Å². The van der Waals surface area contributed by atoms with Gasteiger partial charge in [0.15, 0.2) is 5.96 Å². The first-order valence-electron chi connectivity index (χ1n) is 8.75. The summed E-state index contributed by atoms with van der Waals surface area (Å²) >= 11 is 11.9. The van der Waals surface area contributed by atoms with Crippen LogP contribution in [-0.4, -0.2) is 61.2 Å². The molecule has 1 aliphatic heterocycles. The second-order valence-corrected chi connectivity index (χ2v) is 7.30. The van der Waals surface area contributed by atoms with Crippen molar-refractivity contribution in [2.75, 3.05) is 38.5 Å². The number of guanidine groups is 1. The third-order valence-electron chi connectivity index (χ3n) is 4.34. The lowest BCUT2D eigenvalue weighted by Gasteiger charge is -2.35. The van der Waals surface area contributed by atoms with E-state index in [1.807, 2.05) is 0 Å². The Labute approximate surface area is 183 Å². The van der Waals surface area contributed by atoms with Gasteiger partial charge < -0.3 is 20.9 Å². The summed E-state index contributed by atoms with van der Waals surface area (Å²) in [7, 11) is 1.80. The van der Waals surface area contributed by atoms with E-state index in [2.05, 4.69) is 44.7 Å². The van der Waals surface area contributed by atoms with Crippen LogP contribution in [-0.2, 0) is 0 Å². The van der Waals surface area contributed by atoms with Gasteiger partial charge in [-0.05, 0) is 32.8 Å². The van der Waals surface area contributed by atoms with Crippen molar-refractivity contribution in [2.45, 2.75) is 38.8 Å². The molecule has 0 aliphatic carbocycles. The van der Waals surface area contributed by atoms with Gasteiger partial charge in [-0.15, -0.1) is 24.0 Å². The Hall–Kier alpha value is -0.510. The Balaban J connectivity index is 0.00000338. The minimum absolute atomic E-state index is 0. The van der Waals surface area contributed by atoms with Gasteiger partial charge in [0.1, 0.15) is 5.82 Å². The highest BCUT2D eigenvalue weighted by molar-refractivity contribution is 14.0. The predicted molar refractivity (Wildman–Crippen MR) is 122 cm³/mol. The van der Waals surface area contributed by atoms with E-state index in [9.17, 15) is 0 Å². The van der Waals surface area contributed by atoms with Gasteiger partial charge in [-0.2, -0.15) is 0 Å². The lowest BCUT2D eigenvalue weighted by molar-refractivity contribution is 0.167. The van der Waals surface area contributed by atoms with Crippen LogP contribution in [0.2, 0.25) is 10.0 Å². The van der Waals surface area contributed by atoms with Gasteiger partial charge in [-0.1, -0.05) is 23.2 Å². The van der Waals surface area contributed by atoms with Crippen molar-refractivity contribution in [3.05, 3.63) is 22.3 Å². The molecule has 0 unspecified atom stereocenters. The number of hydrogen-bond acceptors (Lipinski definition) is 4. The number of anilines is 1. The first-order valence-corrected chi connectivity index (χ1v) is 9.51. The molecule has 0 radical (unpaired) electrons. The highest BCUT2D eigenvalue weighted by Gasteiger charge is 2.21. The number of hydrogen-bond donors (Lipinski definition) is 3. The molecule has 0 spiro atoms. The number of likely N-dealkylation sites (tertiary alicyclic amines) is 1. The maximum absolute atomic E-state index is 6.09. The van der Waals surface area contributed by atoms with Crippen molar-refractivity contribution in [1.82, 2.24) is 20.5 Å². The molecule has 148 valence electrons. The predicted octanol–water partition coefficient (Wildman–Crippen LogP) is 3.46. The molecular formula is C17H29Cl2IN6. The topological polar surface area (TPSA) is 64.6 Å². The highest BCUT2D eigenvalue weighted by atomic mass is 127. The van der Waals surface area contributed by atoms with Crippen LogP contribution < -0.4 is 16.0 Å². The summed E-state index contributed by atoms with van der Waals surface area (Å²) in [5.74, 6) is 1.47. The molecule has 0 atom stereocenters. The van der Waals surface area contributed by atoms with Crippen LogP contribution in [0.1, 0.15) is 26.7 Å². The number of aromatic nitrogens is 1. The molecule has 0 bridgehead atoms. The Bertz CT molecular complexity index is 576. The molecule has 9 heteroatoms. The monoisotopic (exact) mass is 514 g/mol. The summed E-state index contributed by atoms with van der Waals surface area (Å²) in [6.07, 6.45) is 3.86. The third kappa shape index (κ3) is 7.62. The number of rotatable bonds is 6. The molecular weight excluding hydrogens is 486 g/mol. The standard InChI is InChI=1S/C17H28Cl2N6.HI/c1-12(2)25-8-4-14(5-9-25)24-17(20-3)22-7-6-21-16-15(19)10-13(18)11-23-16;/h10-12,14H,4-9H2,1-3H3,(H,21,23)(H2,20,22,24);1H. The smallest absolute Gasteiger partial charge is 0.191 e. The van der Waals surface area contributed by atoms with Crippen molar-refractivity contribution in [1.29, 1.82) is 0 Å². The first kappa shape index (κ1) is 23.5. The molecule has 1 aromatic rings. The second kappa shape index (κ2) is 12.0. The van der Waals surface area contributed by atoms with E-state index in [1.54, 1.807) is 19.3 Å². The average molecular weight is 515 g/mol. The van der Waals surface area contributed by atoms with Crippen molar-refractivity contribution in [3.8, 4) is 0 Å². The molecule has 1 aromatic heterocycles. The van der Waals surface area contributed by atoms with E-state index in [0.29, 0.717) is 41.0 Å². The molecule has 0 saturated carbocycles. The summed E-state index contributed by atoms with van der Waals surface area (Å²) in [6.45, 7) is 8.17.